The van der Waals surface area contributed by atoms with Gasteiger partial charge < -0.3 is 30.1 Å². The Morgan fingerprint density at radius 3 is 2.64 bits per heavy atom. The van der Waals surface area contributed by atoms with Gasteiger partial charge in [-0.2, -0.15) is 0 Å². The van der Waals surface area contributed by atoms with Crippen LogP contribution in [0.3, 0.4) is 0 Å². The van der Waals surface area contributed by atoms with E-state index in [1.807, 2.05) is 36.4 Å². The van der Waals surface area contributed by atoms with Crippen LogP contribution >= 0.6 is 23.4 Å². The summed E-state index contributed by atoms with van der Waals surface area (Å²) in [6, 6.07) is 9.07. The van der Waals surface area contributed by atoms with Crippen molar-refractivity contribution < 1.29 is 29.6 Å². The van der Waals surface area contributed by atoms with Crippen LogP contribution in [0.5, 0.6) is 0 Å². The Hall–Kier alpha value is -1.68. The van der Waals surface area contributed by atoms with Crippen LogP contribution in [0.1, 0.15) is 18.9 Å². The number of alkyl halides is 1. The number of hydrogen-bond acceptors (Lipinski definition) is 8. The van der Waals surface area contributed by atoms with E-state index in [-0.39, 0.29) is 12.5 Å². The number of carbonyl (C=O) groups excluding carboxylic acids is 1. The standard InChI is InChI=1S/C25H32ClN3O6S/c1-13(26)17(21-19(31)18(30)20(32)23(35-21)36-3)29-24(33)25(27-2)22-16(12-28-25)11-15(9-10-34-22)14-7-5-4-6-8-14/h2,4-9,13,16-23,28,30-32H,10-12H2,1,3H3/p+1/t13-,16-,17+,18?,19?,20+,21+,22+,23?,25-/m0/s1. The first kappa shape index (κ1) is 27.4. The number of nitrogens with zero attached hydrogens (tertiary/aromatic N) is 1. The van der Waals surface area contributed by atoms with Crippen molar-refractivity contribution in [1.29, 1.82) is 0 Å². The number of carbonyl (C=O) groups is 1. The molecule has 0 saturated carbocycles. The number of thioether (sulfide) groups is 1. The molecule has 0 aliphatic carbocycles. The molecule has 196 valence electrons. The van der Waals surface area contributed by atoms with Crippen LogP contribution in [-0.2, 0) is 14.3 Å². The number of aliphatic hydroxyl groups excluding tert-OH is 3. The molecule has 1 aromatic carbocycles. The molecule has 2 fully saturated rings. The minimum Gasteiger partial charge on any atom is -0.388 e. The SMILES string of the molecule is C#[N+][C@]1(C(=O)N[C@H]([C@H](C)Cl)[C@H]2OC(SC)[C@H](O)C(O)C2O)NC[C@@H]2CC(c3ccccc3)=CCO[C@H]21. The van der Waals surface area contributed by atoms with Gasteiger partial charge in [-0.3, -0.25) is 4.79 Å². The van der Waals surface area contributed by atoms with Gasteiger partial charge in [0.25, 0.3) is 6.57 Å². The summed E-state index contributed by atoms with van der Waals surface area (Å²) in [6.45, 7) is 8.21. The minimum atomic E-state index is -1.58. The average molecular weight is 539 g/mol. The predicted octanol–water partition coefficient (Wildman–Crippen LogP) is 1.02. The summed E-state index contributed by atoms with van der Waals surface area (Å²) < 4.78 is 12.0. The van der Waals surface area contributed by atoms with Crippen molar-refractivity contribution >= 4 is 34.8 Å². The van der Waals surface area contributed by atoms with Crippen LogP contribution < -0.4 is 10.6 Å². The molecule has 10 atom stereocenters. The maximum absolute atomic E-state index is 13.7. The molecule has 4 rings (SSSR count). The molecule has 9 nitrogen and oxygen atoms in total. The van der Waals surface area contributed by atoms with Crippen LogP contribution in [0.15, 0.2) is 36.4 Å². The molecular formula is C25H33ClN3O6S+. The minimum absolute atomic E-state index is 0.0711. The van der Waals surface area contributed by atoms with Crippen molar-refractivity contribution in [2.24, 2.45) is 5.92 Å². The number of rotatable bonds is 6. The van der Waals surface area contributed by atoms with E-state index >= 15 is 0 Å². The average Bonchev–Trinajstić information content (AvgIpc) is 3.09. The number of aliphatic hydroxyl groups is 3. The highest BCUT2D eigenvalue weighted by Crippen LogP contribution is 2.38. The third-order valence-corrected chi connectivity index (χ3v) is 8.37. The first-order valence-electron chi connectivity index (χ1n) is 11.9. The van der Waals surface area contributed by atoms with Crippen LogP contribution in [0.4, 0.5) is 0 Å². The smallest absolute Gasteiger partial charge is 0.388 e. The summed E-state index contributed by atoms with van der Waals surface area (Å²) >= 11 is 7.61. The van der Waals surface area contributed by atoms with E-state index in [0.717, 1.165) is 11.1 Å². The fourth-order valence-corrected chi connectivity index (χ4v) is 6.14. The number of fused-ring (bicyclic) bond motifs is 1. The molecule has 5 N–H and O–H groups in total. The van der Waals surface area contributed by atoms with E-state index in [0.29, 0.717) is 13.0 Å². The number of amides is 1. The lowest BCUT2D eigenvalue weighted by molar-refractivity contribution is -0.205. The molecule has 0 bridgehead atoms. The maximum Gasteiger partial charge on any atom is 0.438 e. The number of hydrogen-bond donors (Lipinski definition) is 5. The van der Waals surface area contributed by atoms with Gasteiger partial charge in [0, 0.05) is 12.5 Å². The van der Waals surface area contributed by atoms with Crippen molar-refractivity contribution in [3.05, 3.63) is 46.8 Å². The topological polar surface area (TPSA) is 125 Å². The third kappa shape index (κ3) is 5.04. The van der Waals surface area contributed by atoms with Crippen LogP contribution in [0.25, 0.3) is 10.4 Å². The number of halogens is 1. The zero-order chi connectivity index (χ0) is 26.0. The second-order valence-electron chi connectivity index (χ2n) is 9.44. The zero-order valence-corrected chi connectivity index (χ0v) is 21.7. The van der Waals surface area contributed by atoms with Crippen molar-refractivity contribution in [2.75, 3.05) is 19.4 Å². The van der Waals surface area contributed by atoms with Crippen molar-refractivity contribution in [1.82, 2.24) is 10.6 Å². The second-order valence-corrected chi connectivity index (χ2v) is 11.1. The Labute approximate surface area is 220 Å². The van der Waals surface area contributed by atoms with Gasteiger partial charge in [-0.25, -0.2) is 5.32 Å². The van der Waals surface area contributed by atoms with Gasteiger partial charge in [0.05, 0.1) is 18.0 Å². The lowest BCUT2D eigenvalue weighted by Crippen LogP contribution is -2.67. The molecule has 3 aliphatic heterocycles. The van der Waals surface area contributed by atoms with Gasteiger partial charge in [-0.15, -0.1) is 23.4 Å². The quantitative estimate of drug-likeness (QED) is 0.340. The fourth-order valence-electron chi connectivity index (χ4n) is 5.25. The molecule has 1 aromatic rings. The van der Waals surface area contributed by atoms with E-state index in [1.165, 1.54) is 11.8 Å². The number of allylic oxidation sites excluding steroid dienone is 1. The van der Waals surface area contributed by atoms with E-state index < -0.39 is 58.9 Å². The lowest BCUT2D eigenvalue weighted by Gasteiger charge is -2.44. The van der Waals surface area contributed by atoms with Gasteiger partial charge >= 0.3 is 11.6 Å². The summed E-state index contributed by atoms with van der Waals surface area (Å²) in [4.78, 5) is 17.7. The van der Waals surface area contributed by atoms with Crippen molar-refractivity contribution in [3.8, 4) is 6.57 Å². The largest absolute Gasteiger partial charge is 0.438 e. The molecular weight excluding hydrogens is 506 g/mol. The molecule has 3 heterocycles. The molecule has 36 heavy (non-hydrogen) atoms. The van der Waals surface area contributed by atoms with E-state index in [1.54, 1.807) is 13.2 Å². The second kappa shape index (κ2) is 11.4. The van der Waals surface area contributed by atoms with E-state index in [4.69, 9.17) is 27.6 Å². The normalized spacial score (nSPS) is 38.1. The Balaban J connectivity index is 1.54. The summed E-state index contributed by atoms with van der Waals surface area (Å²) in [5.74, 6) is -0.645. The zero-order valence-electron chi connectivity index (χ0n) is 20.2. The number of ether oxygens (including phenoxy) is 2. The summed E-state index contributed by atoms with van der Waals surface area (Å²) in [7, 11) is 0. The first-order chi connectivity index (χ1) is 17.2. The van der Waals surface area contributed by atoms with Crippen molar-refractivity contribution in [3.63, 3.8) is 0 Å². The van der Waals surface area contributed by atoms with Gasteiger partial charge in [-0.05, 0) is 35.6 Å². The molecule has 1 amide bonds. The number of benzene rings is 1. The van der Waals surface area contributed by atoms with Gasteiger partial charge in [-0.1, -0.05) is 36.4 Å². The van der Waals surface area contributed by atoms with Crippen molar-refractivity contribution in [2.45, 2.75) is 66.4 Å². The highest BCUT2D eigenvalue weighted by Gasteiger charge is 2.65. The summed E-state index contributed by atoms with van der Waals surface area (Å²) in [6.07, 6.45) is -1.56. The fraction of sp³-hybridized carbons (Fsp3) is 0.600. The van der Waals surface area contributed by atoms with E-state index in [2.05, 4.69) is 15.5 Å². The Morgan fingerprint density at radius 2 is 2.00 bits per heavy atom. The van der Waals surface area contributed by atoms with Crippen LogP contribution in [0, 0.1) is 12.5 Å². The molecule has 0 spiro atoms. The van der Waals surface area contributed by atoms with Crippen LogP contribution in [0.2, 0.25) is 0 Å². The first-order valence-corrected chi connectivity index (χ1v) is 13.7. The maximum atomic E-state index is 13.7. The highest BCUT2D eigenvalue weighted by atomic mass is 35.5. The molecule has 3 aliphatic rings. The monoisotopic (exact) mass is 538 g/mol. The number of nitrogens with one attached hydrogen (secondary N) is 2. The Kier molecular flexibility index (Phi) is 8.64. The predicted molar refractivity (Wildman–Crippen MR) is 139 cm³/mol. The van der Waals surface area contributed by atoms with E-state index in [9.17, 15) is 20.1 Å². The molecule has 11 heteroatoms. The summed E-state index contributed by atoms with van der Waals surface area (Å²) in [5, 5.41) is 36.5. The Morgan fingerprint density at radius 1 is 1.28 bits per heavy atom. The lowest BCUT2D eigenvalue weighted by atomic mass is 9.88. The molecule has 2 saturated heterocycles. The molecule has 3 unspecified atom stereocenters. The van der Waals surface area contributed by atoms with Gasteiger partial charge in [0.2, 0.25) is 0 Å². The summed E-state index contributed by atoms with van der Waals surface area (Å²) in [5.41, 5.74) is -0.166. The highest BCUT2D eigenvalue weighted by molar-refractivity contribution is 7.99. The van der Waals surface area contributed by atoms with Gasteiger partial charge in [0.15, 0.2) is 6.10 Å². The Bertz CT molecular complexity index is 1010. The molecule has 0 aromatic heterocycles. The van der Waals surface area contributed by atoms with Gasteiger partial charge in [0.1, 0.15) is 29.9 Å². The van der Waals surface area contributed by atoms with Crippen LogP contribution in [-0.4, -0.2) is 93.7 Å². The molecule has 0 radical (unpaired) electrons. The third-order valence-electron chi connectivity index (χ3n) is 7.24.